The maximum Gasteiger partial charge on any atom is 0.263 e. The third kappa shape index (κ3) is 2.25. The average Bonchev–Trinajstić information content (AvgIpc) is 2.64. The number of rotatable bonds is 2. The summed E-state index contributed by atoms with van der Waals surface area (Å²) >= 11 is 5.77. The number of imide groups is 1. The Bertz CT molecular complexity index is 756. The topological polar surface area (TPSA) is 63.4 Å². The van der Waals surface area contributed by atoms with E-state index in [4.69, 9.17) is 17.3 Å². The third-order valence-corrected chi connectivity index (χ3v) is 3.51. The number of nitrogens with zero attached hydrogens (tertiary/aromatic N) is 1. The second kappa shape index (κ2) is 4.86. The van der Waals surface area contributed by atoms with E-state index in [1.807, 2.05) is 0 Å². The first kappa shape index (κ1) is 13.6. The van der Waals surface area contributed by atoms with Gasteiger partial charge in [-0.25, -0.2) is 4.39 Å². The van der Waals surface area contributed by atoms with Crippen molar-refractivity contribution in [2.45, 2.75) is 6.54 Å². The molecule has 2 amide bonds. The zero-order valence-corrected chi connectivity index (χ0v) is 11.5. The minimum absolute atomic E-state index is 0.0523. The Hall–Kier alpha value is -2.40. The molecule has 1 heterocycles. The van der Waals surface area contributed by atoms with Crippen molar-refractivity contribution in [1.82, 2.24) is 4.90 Å². The highest BCUT2D eigenvalue weighted by Gasteiger charge is 2.36. The maximum atomic E-state index is 13.3. The van der Waals surface area contributed by atoms with Crippen LogP contribution in [0.15, 0.2) is 36.4 Å². The Morgan fingerprint density at radius 3 is 2.57 bits per heavy atom. The predicted molar refractivity (Wildman–Crippen MR) is 76.5 cm³/mol. The minimum Gasteiger partial charge on any atom is -0.398 e. The van der Waals surface area contributed by atoms with E-state index in [0.29, 0.717) is 5.56 Å². The van der Waals surface area contributed by atoms with E-state index in [1.54, 1.807) is 18.2 Å². The first-order valence-electron chi connectivity index (χ1n) is 6.17. The van der Waals surface area contributed by atoms with Crippen LogP contribution < -0.4 is 5.73 Å². The van der Waals surface area contributed by atoms with Gasteiger partial charge in [-0.1, -0.05) is 17.7 Å². The summed E-state index contributed by atoms with van der Waals surface area (Å²) in [6, 6.07) is 8.63. The van der Waals surface area contributed by atoms with Crippen LogP contribution >= 0.6 is 11.6 Å². The number of anilines is 1. The highest BCUT2D eigenvalue weighted by molar-refractivity contribution is 6.30. The molecule has 4 nitrogen and oxygen atoms in total. The van der Waals surface area contributed by atoms with Gasteiger partial charge in [-0.2, -0.15) is 0 Å². The molecule has 2 aromatic rings. The van der Waals surface area contributed by atoms with Crippen LogP contribution in [0.5, 0.6) is 0 Å². The zero-order chi connectivity index (χ0) is 15.1. The molecule has 0 bridgehead atoms. The van der Waals surface area contributed by atoms with Crippen LogP contribution in [0.2, 0.25) is 5.02 Å². The summed E-state index contributed by atoms with van der Waals surface area (Å²) in [6.45, 7) is -0.0523. The van der Waals surface area contributed by atoms with Crippen molar-refractivity contribution in [3.63, 3.8) is 0 Å². The maximum absolute atomic E-state index is 13.3. The number of hydrogen-bond acceptors (Lipinski definition) is 3. The monoisotopic (exact) mass is 304 g/mol. The lowest BCUT2D eigenvalue weighted by atomic mass is 10.1. The van der Waals surface area contributed by atoms with Crippen molar-refractivity contribution in [2.24, 2.45) is 0 Å². The summed E-state index contributed by atoms with van der Waals surface area (Å²) in [6.07, 6.45) is 0. The third-order valence-electron chi connectivity index (χ3n) is 3.29. The summed E-state index contributed by atoms with van der Waals surface area (Å²) in [5.41, 5.74) is 6.91. The van der Waals surface area contributed by atoms with Crippen LogP contribution in [0.25, 0.3) is 0 Å². The second-order valence-electron chi connectivity index (χ2n) is 4.74. The highest BCUT2D eigenvalue weighted by Crippen LogP contribution is 2.29. The van der Waals surface area contributed by atoms with Crippen LogP contribution in [0.3, 0.4) is 0 Å². The molecule has 106 valence electrons. The van der Waals surface area contributed by atoms with Crippen molar-refractivity contribution < 1.29 is 14.0 Å². The molecule has 0 saturated heterocycles. The van der Waals surface area contributed by atoms with E-state index in [0.717, 1.165) is 11.0 Å². The Kier molecular flexibility index (Phi) is 3.14. The number of nitrogen functional groups attached to an aromatic ring is 1. The van der Waals surface area contributed by atoms with Gasteiger partial charge in [-0.3, -0.25) is 14.5 Å². The Labute approximate surface area is 124 Å². The fraction of sp³-hybridized carbons (Fsp3) is 0.0667. The van der Waals surface area contributed by atoms with E-state index in [9.17, 15) is 14.0 Å². The summed E-state index contributed by atoms with van der Waals surface area (Å²) in [4.78, 5) is 25.6. The van der Waals surface area contributed by atoms with Gasteiger partial charge in [0.15, 0.2) is 0 Å². The molecule has 0 radical (unpaired) electrons. The number of benzene rings is 2. The molecular weight excluding hydrogens is 295 g/mol. The van der Waals surface area contributed by atoms with Gasteiger partial charge < -0.3 is 5.73 Å². The van der Waals surface area contributed by atoms with Gasteiger partial charge in [0.1, 0.15) is 5.82 Å². The normalized spacial score (nSPS) is 13.7. The van der Waals surface area contributed by atoms with Crippen molar-refractivity contribution in [2.75, 3.05) is 5.73 Å². The van der Waals surface area contributed by atoms with Gasteiger partial charge in [0.2, 0.25) is 0 Å². The second-order valence-corrected chi connectivity index (χ2v) is 5.18. The Morgan fingerprint density at radius 1 is 1.14 bits per heavy atom. The lowest BCUT2D eigenvalue weighted by Gasteiger charge is -2.14. The molecule has 1 aliphatic rings. The number of carbonyl (C=O) groups excluding carboxylic acids is 2. The molecular formula is C15H10ClFN2O2. The molecule has 0 atom stereocenters. The molecule has 0 unspecified atom stereocenters. The first-order chi connectivity index (χ1) is 9.97. The molecule has 0 saturated carbocycles. The molecule has 0 aromatic heterocycles. The average molecular weight is 305 g/mol. The molecule has 0 spiro atoms. The number of hydrogen-bond donors (Lipinski definition) is 1. The summed E-state index contributed by atoms with van der Waals surface area (Å²) in [7, 11) is 0. The fourth-order valence-electron chi connectivity index (χ4n) is 2.39. The lowest BCUT2D eigenvalue weighted by Crippen LogP contribution is -2.29. The predicted octanol–water partition coefficient (Wildman–Crippen LogP) is 2.86. The number of amides is 2. The van der Waals surface area contributed by atoms with Gasteiger partial charge >= 0.3 is 0 Å². The van der Waals surface area contributed by atoms with Crippen LogP contribution in [0, 0.1) is 5.82 Å². The lowest BCUT2D eigenvalue weighted by molar-refractivity contribution is 0.0642. The summed E-state index contributed by atoms with van der Waals surface area (Å²) in [5.74, 6) is -1.44. The van der Waals surface area contributed by atoms with E-state index < -0.39 is 17.6 Å². The van der Waals surface area contributed by atoms with Crippen molar-refractivity contribution >= 4 is 29.1 Å². The van der Waals surface area contributed by atoms with Crippen molar-refractivity contribution in [1.29, 1.82) is 0 Å². The molecule has 21 heavy (non-hydrogen) atoms. The van der Waals surface area contributed by atoms with E-state index in [2.05, 4.69) is 0 Å². The van der Waals surface area contributed by atoms with E-state index in [-0.39, 0.29) is 28.4 Å². The quantitative estimate of drug-likeness (QED) is 0.685. The van der Waals surface area contributed by atoms with Gasteiger partial charge in [-0.15, -0.1) is 0 Å². The molecule has 0 fully saturated rings. The molecule has 2 aromatic carbocycles. The smallest absolute Gasteiger partial charge is 0.263 e. The van der Waals surface area contributed by atoms with Gasteiger partial charge in [0.25, 0.3) is 11.8 Å². The van der Waals surface area contributed by atoms with Crippen molar-refractivity contribution in [3.05, 3.63) is 63.9 Å². The van der Waals surface area contributed by atoms with Crippen LogP contribution in [0.1, 0.15) is 26.3 Å². The van der Waals surface area contributed by atoms with Crippen LogP contribution in [0.4, 0.5) is 10.1 Å². The molecule has 2 N–H and O–H groups in total. The van der Waals surface area contributed by atoms with Crippen LogP contribution in [-0.4, -0.2) is 16.7 Å². The first-order valence-corrected chi connectivity index (χ1v) is 6.55. The largest absolute Gasteiger partial charge is 0.398 e. The molecule has 1 aliphatic heterocycles. The summed E-state index contributed by atoms with van der Waals surface area (Å²) in [5, 5.41) is 0.209. The Morgan fingerprint density at radius 2 is 1.90 bits per heavy atom. The van der Waals surface area contributed by atoms with E-state index in [1.165, 1.54) is 12.1 Å². The molecule has 6 heteroatoms. The summed E-state index contributed by atoms with van der Waals surface area (Å²) < 4.78 is 13.3. The van der Waals surface area contributed by atoms with E-state index >= 15 is 0 Å². The SMILES string of the molecule is Nc1cccc2c1C(=O)N(Cc1cc(F)cc(Cl)c1)C2=O. The number of nitrogens with two attached hydrogens (primary N) is 1. The molecule has 3 rings (SSSR count). The fourth-order valence-corrected chi connectivity index (χ4v) is 2.63. The Balaban J connectivity index is 1.97. The number of halogens is 2. The van der Waals surface area contributed by atoms with Gasteiger partial charge in [-0.05, 0) is 35.9 Å². The van der Waals surface area contributed by atoms with Crippen LogP contribution in [-0.2, 0) is 6.54 Å². The number of fused-ring (bicyclic) bond motifs is 1. The standard InChI is InChI=1S/C15H10ClFN2O2/c16-9-4-8(5-10(17)6-9)7-19-14(20)11-2-1-3-12(18)13(11)15(19)21/h1-6H,7,18H2. The number of carbonyl (C=O) groups is 2. The highest BCUT2D eigenvalue weighted by atomic mass is 35.5. The van der Waals surface area contributed by atoms with Crippen molar-refractivity contribution in [3.8, 4) is 0 Å². The van der Waals surface area contributed by atoms with Gasteiger partial charge in [0, 0.05) is 10.7 Å². The van der Waals surface area contributed by atoms with Gasteiger partial charge in [0.05, 0.1) is 17.7 Å². The minimum atomic E-state index is -0.520. The zero-order valence-electron chi connectivity index (χ0n) is 10.8. The molecule has 0 aliphatic carbocycles.